The lowest BCUT2D eigenvalue weighted by molar-refractivity contribution is -0.142. The average molecular weight is 599 g/mol. The summed E-state index contributed by atoms with van der Waals surface area (Å²) < 4.78 is 40.5. The fraction of sp³-hybridized carbons (Fsp3) is 0.529. The van der Waals surface area contributed by atoms with Crippen LogP contribution in [0.2, 0.25) is 0 Å². The normalized spacial score (nSPS) is 19.1. The van der Waals surface area contributed by atoms with E-state index in [1.807, 2.05) is 19.1 Å². The van der Waals surface area contributed by atoms with E-state index in [1.165, 1.54) is 27.7 Å². The number of carboxylic acid groups (broad SMARTS) is 1. The summed E-state index contributed by atoms with van der Waals surface area (Å²) in [5.41, 5.74) is 5.09. The van der Waals surface area contributed by atoms with Crippen LogP contribution < -0.4 is 4.74 Å². The van der Waals surface area contributed by atoms with Crippen molar-refractivity contribution in [1.82, 2.24) is 9.80 Å². The highest BCUT2D eigenvalue weighted by molar-refractivity contribution is 5.79. The number of carbonyl (C=O) groups excluding carboxylic acids is 1. The van der Waals surface area contributed by atoms with Gasteiger partial charge < -0.3 is 19.5 Å². The van der Waals surface area contributed by atoms with Crippen molar-refractivity contribution < 1.29 is 33.0 Å². The lowest BCUT2D eigenvalue weighted by atomic mass is 9.83. The first kappa shape index (κ1) is 32.5. The van der Waals surface area contributed by atoms with E-state index in [4.69, 9.17) is 9.47 Å². The molecular formula is C34H44F2N2O5. The summed E-state index contributed by atoms with van der Waals surface area (Å²) in [5, 5.41) is 9.75. The molecule has 1 aliphatic carbocycles. The maximum Gasteiger partial charge on any atom is 0.410 e. The Balaban J connectivity index is 1.65. The number of ether oxygens (including phenoxy) is 2. The van der Waals surface area contributed by atoms with E-state index in [-0.39, 0.29) is 44.5 Å². The molecule has 1 amide bonds. The molecule has 0 radical (unpaired) electrons. The monoisotopic (exact) mass is 598 g/mol. The molecule has 0 bridgehead atoms. The zero-order valence-corrected chi connectivity index (χ0v) is 26.1. The molecular weight excluding hydrogens is 554 g/mol. The van der Waals surface area contributed by atoms with Crippen LogP contribution in [0.5, 0.6) is 5.75 Å². The van der Waals surface area contributed by atoms with Gasteiger partial charge in [0.1, 0.15) is 23.8 Å². The van der Waals surface area contributed by atoms with Crippen LogP contribution in [-0.4, -0.2) is 71.5 Å². The van der Waals surface area contributed by atoms with Gasteiger partial charge in [-0.15, -0.1) is 0 Å². The Kier molecular flexibility index (Phi) is 10.2. The number of rotatable bonds is 11. The number of amides is 1. The zero-order valence-electron chi connectivity index (χ0n) is 26.1. The highest BCUT2D eigenvalue weighted by Crippen LogP contribution is 2.50. The van der Waals surface area contributed by atoms with Crippen LogP contribution in [0.25, 0.3) is 5.57 Å². The minimum atomic E-state index is -0.892. The number of hydrogen-bond donors (Lipinski definition) is 1. The molecule has 0 saturated heterocycles. The molecule has 2 aromatic carbocycles. The van der Waals surface area contributed by atoms with Gasteiger partial charge in [0.2, 0.25) is 0 Å². The van der Waals surface area contributed by atoms with Crippen LogP contribution in [0.1, 0.15) is 75.8 Å². The maximum absolute atomic E-state index is 15.9. The van der Waals surface area contributed by atoms with Crippen molar-refractivity contribution in [2.45, 2.75) is 78.5 Å². The van der Waals surface area contributed by atoms with Gasteiger partial charge in [-0.2, -0.15) is 0 Å². The van der Waals surface area contributed by atoms with Crippen LogP contribution in [0.15, 0.2) is 42.0 Å². The lowest BCUT2D eigenvalue weighted by Gasteiger charge is -2.43. The van der Waals surface area contributed by atoms with Crippen LogP contribution in [0.3, 0.4) is 0 Å². The number of carbonyl (C=O) groups is 2. The van der Waals surface area contributed by atoms with Gasteiger partial charge in [-0.3, -0.25) is 14.1 Å². The van der Waals surface area contributed by atoms with Crippen molar-refractivity contribution in [3.05, 3.63) is 70.0 Å². The number of benzene rings is 2. The number of carboxylic acids is 1. The molecule has 43 heavy (non-hydrogen) atoms. The highest BCUT2D eigenvalue weighted by atomic mass is 19.1. The molecule has 0 aromatic heterocycles. The van der Waals surface area contributed by atoms with E-state index in [2.05, 4.69) is 24.0 Å². The fourth-order valence-corrected chi connectivity index (χ4v) is 6.15. The average Bonchev–Trinajstić information content (AvgIpc) is 3.30. The number of fused-ring (bicyclic) bond motifs is 2. The second-order valence-corrected chi connectivity index (χ2v) is 12.7. The standard InChI is InChI=1S/C34H44F2N2O5/c1-21(32(39)40)20-38-22(2)18-26-25-11-8-7-10-24(25)19-27(26)31(38)30-23(3)29(13-12-28(30)36)42-17-16-37(15-9-14-35)33(41)43-34(4,5)6/h7-8,10-13,21-22,31H,9,14-20H2,1-6H3,(H,39,40)/t21-,22-,31+/m1/s1. The molecule has 0 unspecified atom stereocenters. The smallest absolute Gasteiger partial charge is 0.410 e. The Bertz CT molecular complexity index is 1370. The molecule has 4 rings (SSSR count). The summed E-state index contributed by atoms with van der Waals surface area (Å²) in [4.78, 5) is 28.1. The highest BCUT2D eigenvalue weighted by Gasteiger charge is 2.41. The Morgan fingerprint density at radius 1 is 1.16 bits per heavy atom. The number of nitrogens with zero attached hydrogens (tertiary/aromatic N) is 2. The molecule has 1 aliphatic heterocycles. The maximum atomic E-state index is 15.9. The minimum absolute atomic E-state index is 0.0158. The summed E-state index contributed by atoms with van der Waals surface area (Å²) in [5.74, 6) is -1.43. The Morgan fingerprint density at radius 2 is 1.88 bits per heavy atom. The van der Waals surface area contributed by atoms with E-state index in [1.54, 1.807) is 33.8 Å². The van der Waals surface area contributed by atoms with Crippen LogP contribution >= 0.6 is 0 Å². The van der Waals surface area contributed by atoms with Gasteiger partial charge in [0.25, 0.3) is 0 Å². The van der Waals surface area contributed by atoms with Crippen molar-refractivity contribution in [1.29, 1.82) is 0 Å². The molecule has 9 heteroatoms. The van der Waals surface area contributed by atoms with Gasteiger partial charge in [0.05, 0.1) is 25.2 Å². The van der Waals surface area contributed by atoms with Gasteiger partial charge in [-0.25, -0.2) is 9.18 Å². The third-order valence-electron chi connectivity index (χ3n) is 8.26. The van der Waals surface area contributed by atoms with Crippen molar-refractivity contribution in [2.75, 3.05) is 32.9 Å². The van der Waals surface area contributed by atoms with Crippen LogP contribution in [0, 0.1) is 18.7 Å². The first-order valence-corrected chi connectivity index (χ1v) is 15.1. The van der Waals surface area contributed by atoms with Gasteiger partial charge in [-0.05, 0) is 93.9 Å². The first-order valence-electron chi connectivity index (χ1n) is 15.1. The quantitative estimate of drug-likeness (QED) is 0.301. The predicted octanol–water partition coefficient (Wildman–Crippen LogP) is 6.98. The molecule has 234 valence electrons. The molecule has 3 atom stereocenters. The fourth-order valence-electron chi connectivity index (χ4n) is 6.15. The van der Waals surface area contributed by atoms with Crippen LogP contribution in [0.4, 0.5) is 13.6 Å². The topological polar surface area (TPSA) is 79.3 Å². The number of hydrogen-bond acceptors (Lipinski definition) is 5. The SMILES string of the molecule is Cc1c(OCCN(CCCF)C(=O)OC(C)(C)C)ccc(F)c1[C@@H]1C2=C(C[C@@H](C)N1C[C@@H](C)C(=O)O)c1ccccc1C2. The van der Waals surface area contributed by atoms with Crippen molar-refractivity contribution in [3.63, 3.8) is 0 Å². The molecule has 2 aliphatic rings. The summed E-state index contributed by atoms with van der Waals surface area (Å²) in [6.07, 6.45) is 1.07. The Hall–Kier alpha value is -3.46. The van der Waals surface area contributed by atoms with E-state index >= 15 is 4.39 Å². The number of alkyl halides is 1. The van der Waals surface area contributed by atoms with Gasteiger partial charge in [0, 0.05) is 24.7 Å². The van der Waals surface area contributed by atoms with E-state index < -0.39 is 36.3 Å². The van der Waals surface area contributed by atoms with Crippen molar-refractivity contribution >= 4 is 17.6 Å². The van der Waals surface area contributed by atoms with Crippen molar-refractivity contribution in [2.24, 2.45) is 5.92 Å². The molecule has 1 heterocycles. The Labute approximate surface area is 253 Å². The van der Waals surface area contributed by atoms with E-state index in [0.717, 1.165) is 12.0 Å². The summed E-state index contributed by atoms with van der Waals surface area (Å²) in [6, 6.07) is 10.7. The molecule has 0 saturated carbocycles. The zero-order chi connectivity index (χ0) is 31.5. The number of halogens is 2. The summed E-state index contributed by atoms with van der Waals surface area (Å²) >= 11 is 0. The van der Waals surface area contributed by atoms with Crippen LogP contribution in [-0.2, 0) is 16.0 Å². The first-order chi connectivity index (χ1) is 20.3. The van der Waals surface area contributed by atoms with E-state index in [9.17, 15) is 19.1 Å². The molecule has 7 nitrogen and oxygen atoms in total. The largest absolute Gasteiger partial charge is 0.491 e. The molecule has 0 spiro atoms. The minimum Gasteiger partial charge on any atom is -0.491 e. The third kappa shape index (κ3) is 7.37. The second-order valence-electron chi connectivity index (χ2n) is 12.7. The molecule has 2 aromatic rings. The van der Waals surface area contributed by atoms with Gasteiger partial charge in [0.15, 0.2) is 0 Å². The summed E-state index contributed by atoms with van der Waals surface area (Å²) in [6.45, 7) is 11.1. The van der Waals surface area contributed by atoms with Gasteiger partial charge in [-0.1, -0.05) is 31.2 Å². The molecule has 0 fully saturated rings. The van der Waals surface area contributed by atoms with Gasteiger partial charge >= 0.3 is 12.1 Å². The summed E-state index contributed by atoms with van der Waals surface area (Å²) in [7, 11) is 0. The predicted molar refractivity (Wildman–Crippen MR) is 162 cm³/mol. The third-order valence-corrected chi connectivity index (χ3v) is 8.26. The Morgan fingerprint density at radius 3 is 2.56 bits per heavy atom. The number of aliphatic carboxylic acids is 1. The lowest BCUT2D eigenvalue weighted by Crippen LogP contribution is -2.45. The van der Waals surface area contributed by atoms with E-state index in [0.29, 0.717) is 23.3 Å². The van der Waals surface area contributed by atoms with Crippen molar-refractivity contribution in [3.8, 4) is 5.75 Å². The second kappa shape index (κ2) is 13.5. The molecule has 1 N–H and O–H groups in total.